The molecule has 0 bridgehead atoms. The third-order valence-electron chi connectivity index (χ3n) is 6.71. The van der Waals surface area contributed by atoms with Crippen LogP contribution in [0, 0.1) is 5.92 Å². The Labute approximate surface area is 201 Å². The molecule has 0 atom stereocenters. The fourth-order valence-corrected chi connectivity index (χ4v) is 4.49. The highest BCUT2D eigenvalue weighted by Crippen LogP contribution is 2.19. The van der Waals surface area contributed by atoms with Gasteiger partial charge in [-0.15, -0.1) is 0 Å². The highest BCUT2D eigenvalue weighted by molar-refractivity contribution is 5.97. The van der Waals surface area contributed by atoms with Gasteiger partial charge in [0.05, 0.1) is 6.54 Å². The predicted molar refractivity (Wildman–Crippen MR) is 134 cm³/mol. The number of nitrogens with one attached hydrogen (secondary N) is 2. The standard InChI is InChI=1S/C27H34N4O3/c1-20-13-17-31(18-14-20)27(34)21-5-9-23(10-6-21)28-19-25(32)29-24-11-7-22(8-12-24)26(33)30-15-3-2-4-16-30/h5-12,20,28H,2-4,13-19H2,1H3,(H,29,32). The Morgan fingerprint density at radius 1 is 0.735 bits per heavy atom. The number of piperidine rings is 2. The van der Waals surface area contributed by atoms with Gasteiger partial charge in [-0.25, -0.2) is 0 Å². The Balaban J connectivity index is 1.23. The van der Waals surface area contributed by atoms with Gasteiger partial charge >= 0.3 is 0 Å². The van der Waals surface area contributed by atoms with Gasteiger partial charge in [0.2, 0.25) is 5.91 Å². The number of rotatable bonds is 6. The number of benzene rings is 2. The molecule has 0 spiro atoms. The second-order valence-corrected chi connectivity index (χ2v) is 9.38. The highest BCUT2D eigenvalue weighted by atomic mass is 16.2. The van der Waals surface area contributed by atoms with Gasteiger partial charge in [0.1, 0.15) is 0 Å². The zero-order chi connectivity index (χ0) is 23.9. The van der Waals surface area contributed by atoms with E-state index in [9.17, 15) is 14.4 Å². The zero-order valence-electron chi connectivity index (χ0n) is 19.9. The molecule has 4 rings (SSSR count). The van der Waals surface area contributed by atoms with E-state index in [1.807, 2.05) is 21.9 Å². The molecule has 0 aromatic heterocycles. The van der Waals surface area contributed by atoms with Crippen LogP contribution >= 0.6 is 0 Å². The molecule has 2 N–H and O–H groups in total. The van der Waals surface area contributed by atoms with Crippen molar-refractivity contribution >= 4 is 29.1 Å². The minimum Gasteiger partial charge on any atom is -0.376 e. The van der Waals surface area contributed by atoms with Gasteiger partial charge in [0.15, 0.2) is 0 Å². The number of likely N-dealkylation sites (tertiary alicyclic amines) is 2. The van der Waals surface area contributed by atoms with Crippen LogP contribution in [0.1, 0.15) is 59.7 Å². The second kappa shape index (κ2) is 11.2. The maximum Gasteiger partial charge on any atom is 0.253 e. The summed E-state index contributed by atoms with van der Waals surface area (Å²) in [5.41, 5.74) is 2.75. The first-order valence-electron chi connectivity index (χ1n) is 12.3. The molecule has 2 aliphatic rings. The molecule has 2 saturated heterocycles. The number of hydrogen-bond acceptors (Lipinski definition) is 4. The van der Waals surface area contributed by atoms with Crippen molar-refractivity contribution in [3.8, 4) is 0 Å². The molecule has 3 amide bonds. The zero-order valence-corrected chi connectivity index (χ0v) is 19.9. The molecule has 0 saturated carbocycles. The van der Waals surface area contributed by atoms with Crippen LogP contribution in [0.5, 0.6) is 0 Å². The lowest BCUT2D eigenvalue weighted by atomic mass is 9.98. The molecule has 0 aliphatic carbocycles. The number of carbonyl (C=O) groups is 3. The Bertz CT molecular complexity index is 990. The molecular weight excluding hydrogens is 428 g/mol. The summed E-state index contributed by atoms with van der Waals surface area (Å²) in [5, 5.41) is 5.94. The molecule has 0 radical (unpaired) electrons. The van der Waals surface area contributed by atoms with Crippen molar-refractivity contribution in [2.75, 3.05) is 43.4 Å². The number of nitrogens with zero attached hydrogens (tertiary/aromatic N) is 2. The monoisotopic (exact) mass is 462 g/mol. The maximum atomic E-state index is 12.7. The summed E-state index contributed by atoms with van der Waals surface area (Å²) in [6.07, 6.45) is 5.41. The van der Waals surface area contributed by atoms with Gasteiger partial charge in [-0.05, 0) is 86.6 Å². The van der Waals surface area contributed by atoms with E-state index in [-0.39, 0.29) is 24.3 Å². The second-order valence-electron chi connectivity index (χ2n) is 9.38. The van der Waals surface area contributed by atoms with E-state index in [4.69, 9.17) is 0 Å². The van der Waals surface area contributed by atoms with Crippen LogP contribution in [0.2, 0.25) is 0 Å². The summed E-state index contributed by atoms with van der Waals surface area (Å²) in [4.78, 5) is 41.4. The van der Waals surface area contributed by atoms with Gasteiger partial charge in [-0.3, -0.25) is 14.4 Å². The van der Waals surface area contributed by atoms with Crippen molar-refractivity contribution in [3.63, 3.8) is 0 Å². The molecule has 2 aromatic carbocycles. The molecule has 180 valence electrons. The van der Waals surface area contributed by atoms with Crippen LogP contribution in [0.4, 0.5) is 11.4 Å². The van der Waals surface area contributed by atoms with Crippen molar-refractivity contribution in [1.82, 2.24) is 9.80 Å². The van der Waals surface area contributed by atoms with Gasteiger partial charge < -0.3 is 20.4 Å². The van der Waals surface area contributed by atoms with Crippen molar-refractivity contribution in [1.29, 1.82) is 0 Å². The summed E-state index contributed by atoms with van der Waals surface area (Å²) >= 11 is 0. The van der Waals surface area contributed by atoms with Crippen LogP contribution in [0.3, 0.4) is 0 Å². The SMILES string of the molecule is CC1CCN(C(=O)c2ccc(NCC(=O)Nc3ccc(C(=O)N4CCCCC4)cc3)cc2)CC1. The number of hydrogen-bond donors (Lipinski definition) is 2. The van der Waals surface area contributed by atoms with Crippen LogP contribution in [0.15, 0.2) is 48.5 Å². The predicted octanol–water partition coefficient (Wildman–Crippen LogP) is 4.24. The summed E-state index contributed by atoms with van der Waals surface area (Å²) in [6, 6.07) is 14.3. The van der Waals surface area contributed by atoms with Gasteiger partial charge in [0, 0.05) is 48.7 Å². The smallest absolute Gasteiger partial charge is 0.253 e. The van der Waals surface area contributed by atoms with Crippen LogP contribution in [-0.2, 0) is 4.79 Å². The van der Waals surface area contributed by atoms with Crippen LogP contribution < -0.4 is 10.6 Å². The van der Waals surface area contributed by atoms with Crippen molar-refractivity contribution in [3.05, 3.63) is 59.7 Å². The van der Waals surface area contributed by atoms with Crippen molar-refractivity contribution in [2.45, 2.75) is 39.0 Å². The van der Waals surface area contributed by atoms with E-state index < -0.39 is 0 Å². The fraction of sp³-hybridized carbons (Fsp3) is 0.444. The summed E-state index contributed by atoms with van der Waals surface area (Å²) in [7, 11) is 0. The first-order chi connectivity index (χ1) is 16.5. The molecule has 2 aliphatic heterocycles. The van der Waals surface area contributed by atoms with E-state index >= 15 is 0 Å². The molecule has 34 heavy (non-hydrogen) atoms. The van der Waals surface area contributed by atoms with Gasteiger partial charge in [-0.1, -0.05) is 6.92 Å². The molecular formula is C27H34N4O3. The lowest BCUT2D eigenvalue weighted by Crippen LogP contribution is -2.37. The largest absolute Gasteiger partial charge is 0.376 e. The van der Waals surface area contributed by atoms with E-state index in [2.05, 4.69) is 17.6 Å². The lowest BCUT2D eigenvalue weighted by molar-refractivity contribution is -0.114. The average Bonchev–Trinajstić information content (AvgIpc) is 2.88. The quantitative estimate of drug-likeness (QED) is 0.673. The summed E-state index contributed by atoms with van der Waals surface area (Å²) < 4.78 is 0. The molecule has 2 heterocycles. The first kappa shape index (κ1) is 23.8. The highest BCUT2D eigenvalue weighted by Gasteiger charge is 2.21. The number of carbonyl (C=O) groups excluding carboxylic acids is 3. The molecule has 0 unspecified atom stereocenters. The number of amides is 3. The summed E-state index contributed by atoms with van der Waals surface area (Å²) in [6.45, 7) is 5.59. The Morgan fingerprint density at radius 3 is 1.79 bits per heavy atom. The Kier molecular flexibility index (Phi) is 7.83. The van der Waals surface area contributed by atoms with Crippen molar-refractivity contribution in [2.24, 2.45) is 5.92 Å². The number of anilines is 2. The third-order valence-corrected chi connectivity index (χ3v) is 6.71. The topological polar surface area (TPSA) is 81.8 Å². The maximum absolute atomic E-state index is 12.7. The molecule has 2 aromatic rings. The molecule has 2 fully saturated rings. The minimum atomic E-state index is -0.183. The Hall–Kier alpha value is -3.35. The average molecular weight is 463 g/mol. The summed E-state index contributed by atoms with van der Waals surface area (Å²) in [5.74, 6) is 0.619. The van der Waals surface area contributed by atoms with Crippen LogP contribution in [-0.4, -0.2) is 60.2 Å². The molecule has 7 heteroatoms. The van der Waals surface area contributed by atoms with E-state index in [0.717, 1.165) is 57.5 Å². The van der Waals surface area contributed by atoms with E-state index in [0.29, 0.717) is 22.7 Å². The van der Waals surface area contributed by atoms with Gasteiger partial charge in [-0.2, -0.15) is 0 Å². The van der Waals surface area contributed by atoms with Crippen molar-refractivity contribution < 1.29 is 14.4 Å². The van der Waals surface area contributed by atoms with E-state index in [1.54, 1.807) is 36.4 Å². The fourth-order valence-electron chi connectivity index (χ4n) is 4.49. The third kappa shape index (κ3) is 6.16. The Morgan fingerprint density at radius 2 is 1.24 bits per heavy atom. The van der Waals surface area contributed by atoms with Crippen LogP contribution in [0.25, 0.3) is 0 Å². The lowest BCUT2D eigenvalue weighted by Gasteiger charge is -2.30. The molecule has 7 nitrogen and oxygen atoms in total. The van der Waals surface area contributed by atoms with Gasteiger partial charge in [0.25, 0.3) is 11.8 Å². The van der Waals surface area contributed by atoms with E-state index in [1.165, 1.54) is 6.42 Å². The minimum absolute atomic E-state index is 0.0519. The normalized spacial score (nSPS) is 16.7. The first-order valence-corrected chi connectivity index (χ1v) is 12.3.